The molecule has 0 nitrogen and oxygen atoms in total. The topological polar surface area (TPSA) is 0 Å². The molecular formula is C10H21B. The maximum absolute atomic E-state index is 2.32. The van der Waals surface area contributed by atoms with Gasteiger partial charge in [-0.25, -0.2) is 0 Å². The van der Waals surface area contributed by atoms with E-state index in [1.54, 1.807) is 0 Å². The summed E-state index contributed by atoms with van der Waals surface area (Å²) in [4.78, 5) is 0. The minimum Gasteiger partial charge on any atom is -0.0800 e. The largest absolute Gasteiger partial charge is 0.123 e. The molecule has 1 fully saturated rings. The molecule has 11 heavy (non-hydrogen) atoms. The summed E-state index contributed by atoms with van der Waals surface area (Å²) < 4.78 is 0. The maximum Gasteiger partial charge on any atom is 0.123 e. The molecule has 0 aromatic carbocycles. The van der Waals surface area contributed by atoms with Crippen molar-refractivity contribution >= 4 is 7.28 Å². The Labute approximate surface area is 72.0 Å². The van der Waals surface area contributed by atoms with Crippen LogP contribution in [-0.4, -0.2) is 7.28 Å². The summed E-state index contributed by atoms with van der Waals surface area (Å²) in [6.07, 6.45) is 11.9. The van der Waals surface area contributed by atoms with Gasteiger partial charge in [-0.05, 0) is 0 Å². The second kappa shape index (κ2) is 5.68. The van der Waals surface area contributed by atoms with E-state index in [0.717, 1.165) is 5.82 Å². The molecule has 1 aliphatic rings. The van der Waals surface area contributed by atoms with Crippen molar-refractivity contribution in [2.45, 2.75) is 64.0 Å². The minimum atomic E-state index is 1.08. The zero-order valence-electron chi connectivity index (χ0n) is 7.94. The van der Waals surface area contributed by atoms with E-state index >= 15 is 0 Å². The van der Waals surface area contributed by atoms with E-state index in [-0.39, 0.29) is 0 Å². The SMILES string of the molecule is CCBC1CCCCCCC1. The van der Waals surface area contributed by atoms with Gasteiger partial charge >= 0.3 is 0 Å². The van der Waals surface area contributed by atoms with Crippen molar-refractivity contribution in [3.63, 3.8) is 0 Å². The van der Waals surface area contributed by atoms with Crippen LogP contribution < -0.4 is 0 Å². The first-order valence-corrected chi connectivity index (χ1v) is 5.43. The zero-order chi connectivity index (χ0) is 7.94. The van der Waals surface area contributed by atoms with Gasteiger partial charge in [0.25, 0.3) is 0 Å². The van der Waals surface area contributed by atoms with E-state index < -0.39 is 0 Å². The van der Waals surface area contributed by atoms with Crippen molar-refractivity contribution in [2.24, 2.45) is 0 Å². The highest BCUT2D eigenvalue weighted by atomic mass is 14.1. The van der Waals surface area contributed by atoms with Crippen LogP contribution in [0.1, 0.15) is 51.9 Å². The predicted octanol–water partition coefficient (Wildman–Crippen LogP) is 3.39. The molecule has 0 saturated heterocycles. The highest BCUT2D eigenvalue weighted by molar-refractivity contribution is 6.37. The van der Waals surface area contributed by atoms with E-state index in [9.17, 15) is 0 Å². The first-order chi connectivity index (χ1) is 5.43. The van der Waals surface area contributed by atoms with Crippen molar-refractivity contribution in [2.75, 3.05) is 0 Å². The molecule has 0 amide bonds. The predicted molar refractivity (Wildman–Crippen MR) is 53.7 cm³/mol. The number of rotatable bonds is 2. The summed E-state index contributed by atoms with van der Waals surface area (Å²) in [6.45, 7) is 2.32. The summed E-state index contributed by atoms with van der Waals surface area (Å²) in [5.41, 5.74) is 0. The maximum atomic E-state index is 2.32. The van der Waals surface area contributed by atoms with Gasteiger partial charge in [-0.1, -0.05) is 64.0 Å². The van der Waals surface area contributed by atoms with Crippen LogP contribution in [0.3, 0.4) is 0 Å². The van der Waals surface area contributed by atoms with Crippen LogP contribution in [0.2, 0.25) is 12.1 Å². The first-order valence-electron chi connectivity index (χ1n) is 5.43. The van der Waals surface area contributed by atoms with Gasteiger partial charge in [0, 0.05) is 0 Å². The molecule has 0 spiro atoms. The van der Waals surface area contributed by atoms with Crippen LogP contribution >= 0.6 is 0 Å². The van der Waals surface area contributed by atoms with E-state index in [1.165, 1.54) is 58.5 Å². The Morgan fingerprint density at radius 3 is 2.09 bits per heavy atom. The molecule has 0 N–H and O–H groups in total. The van der Waals surface area contributed by atoms with Crippen LogP contribution in [-0.2, 0) is 0 Å². The Morgan fingerprint density at radius 2 is 1.55 bits per heavy atom. The fraction of sp³-hybridized carbons (Fsp3) is 1.00. The van der Waals surface area contributed by atoms with E-state index in [2.05, 4.69) is 6.92 Å². The fourth-order valence-electron chi connectivity index (χ4n) is 2.24. The molecule has 0 heterocycles. The van der Waals surface area contributed by atoms with Crippen molar-refractivity contribution in [3.8, 4) is 0 Å². The van der Waals surface area contributed by atoms with Gasteiger partial charge in [0.1, 0.15) is 7.28 Å². The molecule has 1 saturated carbocycles. The summed E-state index contributed by atoms with van der Waals surface area (Å²) >= 11 is 0. The van der Waals surface area contributed by atoms with Crippen LogP contribution in [0, 0.1) is 0 Å². The average molecular weight is 152 g/mol. The third-order valence-corrected chi connectivity index (χ3v) is 2.92. The molecule has 1 aliphatic carbocycles. The van der Waals surface area contributed by atoms with E-state index in [1.807, 2.05) is 0 Å². The Balaban J connectivity index is 2.15. The molecule has 1 rings (SSSR count). The Hall–Kier alpha value is 0.0649. The van der Waals surface area contributed by atoms with E-state index in [0.29, 0.717) is 0 Å². The molecule has 0 radical (unpaired) electrons. The van der Waals surface area contributed by atoms with Gasteiger partial charge < -0.3 is 0 Å². The van der Waals surface area contributed by atoms with Crippen molar-refractivity contribution < 1.29 is 0 Å². The Bertz CT molecular complexity index is 82.9. The molecule has 0 bridgehead atoms. The summed E-state index contributed by atoms with van der Waals surface area (Å²) in [5.74, 6) is 1.08. The molecule has 0 atom stereocenters. The Kier molecular flexibility index (Phi) is 4.73. The smallest absolute Gasteiger partial charge is 0.0800 e. The normalized spacial score (nSPS) is 22.3. The third-order valence-electron chi connectivity index (χ3n) is 2.92. The lowest BCUT2D eigenvalue weighted by Gasteiger charge is -2.17. The first kappa shape index (κ1) is 9.16. The molecular weight excluding hydrogens is 131 g/mol. The van der Waals surface area contributed by atoms with Crippen molar-refractivity contribution in [1.82, 2.24) is 0 Å². The highest BCUT2D eigenvalue weighted by Crippen LogP contribution is 2.26. The molecule has 0 aliphatic heterocycles. The highest BCUT2D eigenvalue weighted by Gasteiger charge is 2.10. The monoisotopic (exact) mass is 152 g/mol. The van der Waals surface area contributed by atoms with Gasteiger partial charge in [0.15, 0.2) is 0 Å². The molecule has 64 valence electrons. The second-order valence-corrected chi connectivity index (χ2v) is 4.00. The number of hydrogen-bond donors (Lipinski definition) is 0. The summed E-state index contributed by atoms with van der Waals surface area (Å²) in [6, 6.07) is 0. The molecule has 0 aromatic rings. The average Bonchev–Trinajstić information content (AvgIpc) is 1.94. The lowest BCUT2D eigenvalue weighted by molar-refractivity contribution is 0.501. The Morgan fingerprint density at radius 1 is 1.00 bits per heavy atom. The standard InChI is InChI=1S/C10H21B/c1-2-11-10-8-6-4-3-5-7-9-10/h10-11H,2-9H2,1H3. The van der Waals surface area contributed by atoms with Gasteiger partial charge in [-0.3, -0.25) is 0 Å². The summed E-state index contributed by atoms with van der Waals surface area (Å²) in [5, 5.41) is 0. The quantitative estimate of drug-likeness (QED) is 0.532. The van der Waals surface area contributed by atoms with Crippen LogP contribution in [0.25, 0.3) is 0 Å². The summed E-state index contributed by atoms with van der Waals surface area (Å²) in [7, 11) is 1.49. The second-order valence-electron chi connectivity index (χ2n) is 4.00. The lowest BCUT2D eigenvalue weighted by Crippen LogP contribution is -2.04. The molecule has 1 heteroatoms. The van der Waals surface area contributed by atoms with Crippen molar-refractivity contribution in [1.29, 1.82) is 0 Å². The van der Waals surface area contributed by atoms with Gasteiger partial charge in [-0.15, -0.1) is 0 Å². The van der Waals surface area contributed by atoms with Crippen molar-refractivity contribution in [3.05, 3.63) is 0 Å². The molecule has 0 unspecified atom stereocenters. The zero-order valence-corrected chi connectivity index (χ0v) is 7.94. The van der Waals surface area contributed by atoms with Gasteiger partial charge in [0.2, 0.25) is 0 Å². The van der Waals surface area contributed by atoms with Crippen LogP contribution in [0.15, 0.2) is 0 Å². The molecule has 0 aromatic heterocycles. The van der Waals surface area contributed by atoms with E-state index in [4.69, 9.17) is 0 Å². The fourth-order valence-corrected chi connectivity index (χ4v) is 2.24. The number of hydrogen-bond acceptors (Lipinski definition) is 0. The van der Waals surface area contributed by atoms with Gasteiger partial charge in [-0.2, -0.15) is 0 Å². The minimum absolute atomic E-state index is 1.08. The lowest BCUT2D eigenvalue weighted by atomic mass is 9.58. The van der Waals surface area contributed by atoms with Crippen LogP contribution in [0.4, 0.5) is 0 Å². The van der Waals surface area contributed by atoms with Gasteiger partial charge in [0.05, 0.1) is 0 Å². The third kappa shape index (κ3) is 3.84. The van der Waals surface area contributed by atoms with Crippen LogP contribution in [0.5, 0.6) is 0 Å².